The summed E-state index contributed by atoms with van der Waals surface area (Å²) in [5.41, 5.74) is 0.794. The number of aromatic nitrogens is 4. The van der Waals surface area contributed by atoms with Crippen molar-refractivity contribution in [2.24, 2.45) is 0 Å². The van der Waals surface area contributed by atoms with Crippen LogP contribution in [0.5, 0.6) is 0 Å². The maximum Gasteiger partial charge on any atom is 0.264 e. The average molecular weight is 443 g/mol. The number of nitrogens with zero attached hydrogens (tertiary/aromatic N) is 4. The van der Waals surface area contributed by atoms with Gasteiger partial charge in [-0.3, -0.25) is 14.2 Å². The minimum atomic E-state index is -3.87. The third-order valence-corrected chi connectivity index (χ3v) is 5.62. The molecule has 0 bridgehead atoms. The standard InChI is InChI=1S/C20H22N6O4S/c1-2-3-5-16-12-19(28)26(14-23-16)13-18(27)24-15-6-8-17(9-7-15)31(29,30)25-20-21-10-4-11-22-20/h4,6-12,14H,2-3,5,13H2,1H3,(H,24,27)(H,21,22,25). The molecule has 0 saturated heterocycles. The minimum Gasteiger partial charge on any atom is -0.325 e. The maximum absolute atomic E-state index is 12.4. The lowest BCUT2D eigenvalue weighted by molar-refractivity contribution is -0.116. The monoisotopic (exact) mass is 442 g/mol. The van der Waals surface area contributed by atoms with E-state index >= 15 is 0 Å². The van der Waals surface area contributed by atoms with Gasteiger partial charge in [-0.05, 0) is 43.2 Å². The van der Waals surface area contributed by atoms with Crippen molar-refractivity contribution >= 4 is 27.6 Å². The zero-order valence-corrected chi connectivity index (χ0v) is 17.7. The van der Waals surface area contributed by atoms with Crippen molar-refractivity contribution < 1.29 is 13.2 Å². The van der Waals surface area contributed by atoms with E-state index in [-0.39, 0.29) is 22.9 Å². The Morgan fingerprint density at radius 2 is 1.81 bits per heavy atom. The number of benzene rings is 1. The highest BCUT2D eigenvalue weighted by Gasteiger charge is 2.15. The zero-order valence-electron chi connectivity index (χ0n) is 16.9. The van der Waals surface area contributed by atoms with Crippen molar-refractivity contribution in [3.63, 3.8) is 0 Å². The number of carbonyl (C=O) groups excluding carboxylic acids is 1. The molecule has 0 aliphatic carbocycles. The van der Waals surface area contributed by atoms with E-state index in [1.165, 1.54) is 53.6 Å². The highest BCUT2D eigenvalue weighted by molar-refractivity contribution is 7.92. The molecule has 0 radical (unpaired) electrons. The molecule has 0 atom stereocenters. The van der Waals surface area contributed by atoms with Crippen LogP contribution in [0.4, 0.5) is 11.6 Å². The van der Waals surface area contributed by atoms with Gasteiger partial charge < -0.3 is 5.32 Å². The summed E-state index contributed by atoms with van der Waals surface area (Å²) >= 11 is 0. The van der Waals surface area contributed by atoms with Crippen LogP contribution in [0.2, 0.25) is 0 Å². The van der Waals surface area contributed by atoms with Crippen molar-refractivity contribution in [3.05, 3.63) is 71.2 Å². The normalized spacial score (nSPS) is 11.1. The predicted molar refractivity (Wildman–Crippen MR) is 115 cm³/mol. The number of sulfonamides is 1. The molecule has 0 fully saturated rings. The fraction of sp³-hybridized carbons (Fsp3) is 0.250. The van der Waals surface area contributed by atoms with E-state index in [9.17, 15) is 18.0 Å². The lowest BCUT2D eigenvalue weighted by Gasteiger charge is -2.09. The summed E-state index contributed by atoms with van der Waals surface area (Å²) in [4.78, 5) is 36.3. The summed E-state index contributed by atoms with van der Waals surface area (Å²) in [6.45, 7) is 1.86. The van der Waals surface area contributed by atoms with Gasteiger partial charge in [0.05, 0.1) is 11.2 Å². The summed E-state index contributed by atoms with van der Waals surface area (Å²) in [5, 5.41) is 2.63. The fourth-order valence-corrected chi connectivity index (χ4v) is 3.64. The molecule has 3 aromatic rings. The van der Waals surface area contributed by atoms with Gasteiger partial charge >= 0.3 is 0 Å². The van der Waals surface area contributed by atoms with Gasteiger partial charge in [-0.25, -0.2) is 28.1 Å². The second-order valence-electron chi connectivity index (χ2n) is 6.70. The van der Waals surface area contributed by atoms with Gasteiger partial charge in [0.1, 0.15) is 6.54 Å². The van der Waals surface area contributed by atoms with Crippen molar-refractivity contribution in [1.29, 1.82) is 0 Å². The Balaban J connectivity index is 1.62. The van der Waals surface area contributed by atoms with E-state index < -0.39 is 15.9 Å². The average Bonchev–Trinajstić information content (AvgIpc) is 2.75. The SMILES string of the molecule is CCCCc1cc(=O)n(CC(=O)Nc2ccc(S(=O)(=O)Nc3ncccn3)cc2)cn1. The van der Waals surface area contributed by atoms with Gasteiger partial charge in [-0.2, -0.15) is 0 Å². The molecule has 1 aromatic carbocycles. The van der Waals surface area contributed by atoms with Crippen molar-refractivity contribution in [1.82, 2.24) is 19.5 Å². The highest BCUT2D eigenvalue weighted by Crippen LogP contribution is 2.16. The van der Waals surface area contributed by atoms with Gasteiger partial charge in [0.25, 0.3) is 15.6 Å². The Labute approximate surface area is 179 Å². The van der Waals surface area contributed by atoms with E-state index in [4.69, 9.17) is 0 Å². The Morgan fingerprint density at radius 1 is 1.10 bits per heavy atom. The summed E-state index contributed by atoms with van der Waals surface area (Å²) in [6, 6.07) is 8.60. The molecule has 0 aliphatic heterocycles. The first kappa shape index (κ1) is 22.1. The van der Waals surface area contributed by atoms with Crippen LogP contribution >= 0.6 is 0 Å². The van der Waals surface area contributed by atoms with Gasteiger partial charge in [-0.15, -0.1) is 0 Å². The molecule has 11 heteroatoms. The van der Waals surface area contributed by atoms with Gasteiger partial charge in [0.15, 0.2) is 0 Å². The molecular weight excluding hydrogens is 420 g/mol. The molecule has 0 aliphatic rings. The van der Waals surface area contributed by atoms with Crippen molar-refractivity contribution in [3.8, 4) is 0 Å². The third-order valence-electron chi connectivity index (χ3n) is 4.28. The van der Waals surface area contributed by atoms with E-state index in [0.29, 0.717) is 11.4 Å². The largest absolute Gasteiger partial charge is 0.325 e. The molecule has 31 heavy (non-hydrogen) atoms. The first-order chi connectivity index (χ1) is 14.9. The van der Waals surface area contributed by atoms with Crippen molar-refractivity contribution in [2.45, 2.75) is 37.6 Å². The Bertz CT molecular complexity index is 1190. The molecule has 2 heterocycles. The molecule has 2 N–H and O–H groups in total. The molecule has 1 amide bonds. The zero-order chi connectivity index (χ0) is 22.3. The van der Waals surface area contributed by atoms with Crippen LogP contribution in [0.1, 0.15) is 25.5 Å². The quantitative estimate of drug-likeness (QED) is 0.516. The van der Waals surface area contributed by atoms with Crippen LogP contribution in [0, 0.1) is 0 Å². The number of rotatable bonds is 9. The van der Waals surface area contributed by atoms with Crippen LogP contribution in [0.25, 0.3) is 0 Å². The fourth-order valence-electron chi connectivity index (χ4n) is 2.68. The summed E-state index contributed by atoms with van der Waals surface area (Å²) in [6.07, 6.45) is 6.87. The molecule has 162 valence electrons. The lowest BCUT2D eigenvalue weighted by atomic mass is 10.2. The Morgan fingerprint density at radius 3 is 2.45 bits per heavy atom. The molecular formula is C20H22N6O4S. The summed E-state index contributed by atoms with van der Waals surface area (Å²) in [5.74, 6) is -0.476. The maximum atomic E-state index is 12.4. The summed E-state index contributed by atoms with van der Waals surface area (Å²) < 4.78 is 28.3. The second-order valence-corrected chi connectivity index (χ2v) is 8.38. The molecule has 2 aromatic heterocycles. The van der Waals surface area contributed by atoms with Gasteiger partial charge in [0.2, 0.25) is 11.9 Å². The van der Waals surface area contributed by atoms with Crippen LogP contribution in [-0.4, -0.2) is 33.8 Å². The number of aryl methyl sites for hydroxylation is 1. The molecule has 0 unspecified atom stereocenters. The number of hydrogen-bond donors (Lipinski definition) is 2. The predicted octanol–water partition coefficient (Wildman–Crippen LogP) is 1.82. The number of hydrogen-bond acceptors (Lipinski definition) is 7. The number of anilines is 2. The second kappa shape index (κ2) is 9.94. The van der Waals surface area contributed by atoms with Crippen LogP contribution in [0.3, 0.4) is 0 Å². The molecule has 0 saturated carbocycles. The smallest absolute Gasteiger partial charge is 0.264 e. The van der Waals surface area contributed by atoms with Gasteiger partial charge in [0, 0.05) is 29.8 Å². The van der Waals surface area contributed by atoms with E-state index in [1.54, 1.807) is 6.07 Å². The number of amides is 1. The highest BCUT2D eigenvalue weighted by atomic mass is 32.2. The summed E-state index contributed by atoms with van der Waals surface area (Å²) in [7, 11) is -3.87. The first-order valence-corrected chi connectivity index (χ1v) is 11.1. The minimum absolute atomic E-state index is 0.0129. The first-order valence-electron chi connectivity index (χ1n) is 9.62. The molecule has 10 nitrogen and oxygen atoms in total. The van der Waals surface area contributed by atoms with Crippen LogP contribution in [-0.2, 0) is 27.8 Å². The molecule has 0 spiro atoms. The van der Waals surface area contributed by atoms with Gasteiger partial charge in [-0.1, -0.05) is 13.3 Å². The number of unbranched alkanes of at least 4 members (excludes halogenated alkanes) is 1. The lowest BCUT2D eigenvalue weighted by Crippen LogP contribution is -2.27. The Kier molecular flexibility index (Phi) is 7.08. The van der Waals surface area contributed by atoms with E-state index in [0.717, 1.165) is 19.3 Å². The van der Waals surface area contributed by atoms with E-state index in [1.807, 2.05) is 0 Å². The molecule has 3 rings (SSSR count). The number of carbonyl (C=O) groups is 1. The Hall–Kier alpha value is -3.60. The topological polar surface area (TPSA) is 136 Å². The third kappa shape index (κ3) is 6.19. The van der Waals surface area contributed by atoms with E-state index in [2.05, 4.69) is 31.9 Å². The van der Waals surface area contributed by atoms with Crippen LogP contribution < -0.4 is 15.6 Å². The number of nitrogens with one attached hydrogen (secondary N) is 2. The van der Waals surface area contributed by atoms with Crippen molar-refractivity contribution in [2.75, 3.05) is 10.0 Å². The van der Waals surface area contributed by atoms with Crippen LogP contribution in [0.15, 0.2) is 64.8 Å².